The molecule has 0 bridgehead atoms. The molecular formula is C9H11FN2OS. The van der Waals surface area contributed by atoms with E-state index in [-0.39, 0.29) is 11.2 Å². The highest BCUT2D eigenvalue weighted by Crippen LogP contribution is 2.09. The van der Waals surface area contributed by atoms with Crippen molar-refractivity contribution in [3.05, 3.63) is 24.3 Å². The first-order valence-corrected chi connectivity index (χ1v) is 4.74. The van der Waals surface area contributed by atoms with Crippen LogP contribution in [0.1, 0.15) is 13.3 Å². The summed E-state index contributed by atoms with van der Waals surface area (Å²) in [6, 6.07) is 1.21. The average Bonchev–Trinajstić information content (AvgIpc) is 2.16. The molecule has 1 aromatic heterocycles. The van der Waals surface area contributed by atoms with E-state index >= 15 is 0 Å². The maximum atomic E-state index is 12.7. The molecule has 1 unspecified atom stereocenters. The summed E-state index contributed by atoms with van der Waals surface area (Å²) >= 11 is 4.05. The molecule has 0 fully saturated rings. The minimum atomic E-state index is -0.477. The first kappa shape index (κ1) is 11.0. The lowest BCUT2D eigenvalue weighted by Gasteiger charge is -2.08. The molecular weight excluding hydrogens is 203 g/mol. The normalized spacial score (nSPS) is 12.2. The third kappa shape index (κ3) is 2.99. The summed E-state index contributed by atoms with van der Waals surface area (Å²) in [5.74, 6) is -0.724. The Hall–Kier alpha value is -1.10. The Labute approximate surface area is 87.1 Å². The first-order chi connectivity index (χ1) is 6.63. The van der Waals surface area contributed by atoms with Crippen LogP contribution in [0.2, 0.25) is 0 Å². The Bertz CT molecular complexity index is 332. The average molecular weight is 214 g/mol. The highest BCUT2D eigenvalue weighted by Gasteiger charge is 2.11. The van der Waals surface area contributed by atoms with Gasteiger partial charge in [0.1, 0.15) is 5.82 Å². The summed E-state index contributed by atoms with van der Waals surface area (Å²) in [6.07, 6.45) is 3.09. The molecule has 0 spiro atoms. The van der Waals surface area contributed by atoms with E-state index in [9.17, 15) is 9.18 Å². The maximum Gasteiger partial charge on any atom is 0.237 e. The summed E-state index contributed by atoms with van der Waals surface area (Å²) in [6.45, 7) is 1.85. The number of anilines is 1. The highest BCUT2D eigenvalue weighted by atomic mass is 32.1. The van der Waals surface area contributed by atoms with Gasteiger partial charge in [0.05, 0.1) is 23.3 Å². The Morgan fingerprint density at radius 1 is 1.71 bits per heavy atom. The van der Waals surface area contributed by atoms with Crippen molar-refractivity contribution in [1.29, 1.82) is 0 Å². The zero-order valence-electron chi connectivity index (χ0n) is 7.70. The van der Waals surface area contributed by atoms with Crippen molar-refractivity contribution >= 4 is 24.2 Å². The molecule has 1 aromatic rings. The van der Waals surface area contributed by atoms with Crippen LogP contribution in [0.3, 0.4) is 0 Å². The number of rotatable bonds is 3. The topological polar surface area (TPSA) is 42.0 Å². The van der Waals surface area contributed by atoms with Gasteiger partial charge in [-0.05, 0) is 6.42 Å². The van der Waals surface area contributed by atoms with Gasteiger partial charge in [0.2, 0.25) is 5.91 Å². The van der Waals surface area contributed by atoms with Crippen LogP contribution in [0.5, 0.6) is 0 Å². The molecule has 1 amide bonds. The lowest BCUT2D eigenvalue weighted by Crippen LogP contribution is -2.22. The summed E-state index contributed by atoms with van der Waals surface area (Å²) in [7, 11) is 0. The minimum Gasteiger partial charge on any atom is -0.324 e. The minimum absolute atomic E-state index is 0.247. The lowest BCUT2D eigenvalue weighted by molar-refractivity contribution is -0.115. The Balaban J connectivity index is 2.65. The van der Waals surface area contributed by atoms with Gasteiger partial charge >= 0.3 is 0 Å². The smallest absolute Gasteiger partial charge is 0.237 e. The van der Waals surface area contributed by atoms with Crippen LogP contribution < -0.4 is 5.32 Å². The predicted octanol–water partition coefficient (Wildman–Crippen LogP) is 1.87. The highest BCUT2D eigenvalue weighted by molar-refractivity contribution is 7.81. The Morgan fingerprint density at radius 2 is 2.43 bits per heavy atom. The molecule has 1 rings (SSSR count). The van der Waals surface area contributed by atoms with E-state index in [1.165, 1.54) is 12.3 Å². The number of nitrogens with one attached hydrogen (secondary N) is 1. The Morgan fingerprint density at radius 3 is 3.00 bits per heavy atom. The van der Waals surface area contributed by atoms with E-state index in [1.54, 1.807) is 0 Å². The summed E-state index contributed by atoms with van der Waals surface area (Å²) in [5, 5.41) is 2.14. The van der Waals surface area contributed by atoms with Crippen molar-refractivity contribution < 1.29 is 9.18 Å². The van der Waals surface area contributed by atoms with Gasteiger partial charge in [0.15, 0.2) is 0 Å². The van der Waals surface area contributed by atoms with E-state index < -0.39 is 5.82 Å². The fraction of sp³-hybridized carbons (Fsp3) is 0.333. The number of nitrogens with zero attached hydrogens (tertiary/aromatic N) is 1. The summed E-state index contributed by atoms with van der Waals surface area (Å²) in [4.78, 5) is 14.9. The van der Waals surface area contributed by atoms with E-state index in [1.807, 2.05) is 6.92 Å². The van der Waals surface area contributed by atoms with Crippen molar-refractivity contribution in [3.63, 3.8) is 0 Å². The van der Waals surface area contributed by atoms with E-state index in [0.29, 0.717) is 12.1 Å². The van der Waals surface area contributed by atoms with Gasteiger partial charge in [-0.25, -0.2) is 4.39 Å². The van der Waals surface area contributed by atoms with E-state index in [2.05, 4.69) is 22.9 Å². The SMILES string of the molecule is CCC(S)C(=O)Nc1cncc(F)c1. The van der Waals surface area contributed by atoms with Gasteiger partial charge in [0, 0.05) is 6.07 Å². The van der Waals surface area contributed by atoms with Gasteiger partial charge < -0.3 is 5.32 Å². The van der Waals surface area contributed by atoms with Crippen molar-refractivity contribution in [2.24, 2.45) is 0 Å². The fourth-order valence-corrected chi connectivity index (χ4v) is 0.956. The van der Waals surface area contributed by atoms with Crippen LogP contribution in [-0.4, -0.2) is 16.1 Å². The molecule has 76 valence electrons. The lowest BCUT2D eigenvalue weighted by atomic mass is 10.3. The zero-order valence-corrected chi connectivity index (χ0v) is 8.59. The van der Waals surface area contributed by atoms with Crippen molar-refractivity contribution in [3.8, 4) is 0 Å². The Kier molecular flexibility index (Phi) is 3.88. The second-order valence-corrected chi connectivity index (χ2v) is 3.43. The van der Waals surface area contributed by atoms with Crippen LogP contribution in [0.15, 0.2) is 18.5 Å². The largest absolute Gasteiger partial charge is 0.324 e. The third-order valence-corrected chi connectivity index (χ3v) is 2.26. The molecule has 0 aliphatic carbocycles. The molecule has 0 saturated heterocycles. The number of amides is 1. The van der Waals surface area contributed by atoms with Crippen molar-refractivity contribution in [2.75, 3.05) is 5.32 Å². The van der Waals surface area contributed by atoms with Gasteiger partial charge in [-0.3, -0.25) is 9.78 Å². The molecule has 0 aliphatic rings. The van der Waals surface area contributed by atoms with E-state index in [0.717, 1.165) is 6.20 Å². The van der Waals surface area contributed by atoms with Gasteiger partial charge in [-0.1, -0.05) is 6.92 Å². The first-order valence-electron chi connectivity index (χ1n) is 4.23. The molecule has 14 heavy (non-hydrogen) atoms. The van der Waals surface area contributed by atoms with Crippen molar-refractivity contribution in [2.45, 2.75) is 18.6 Å². The second-order valence-electron chi connectivity index (χ2n) is 2.81. The molecule has 1 atom stereocenters. The van der Waals surface area contributed by atoms with Gasteiger partial charge in [-0.2, -0.15) is 12.6 Å². The molecule has 0 aromatic carbocycles. The van der Waals surface area contributed by atoms with Crippen LogP contribution in [0.4, 0.5) is 10.1 Å². The number of hydrogen-bond donors (Lipinski definition) is 2. The molecule has 0 saturated carbocycles. The molecule has 3 nitrogen and oxygen atoms in total. The number of thiol groups is 1. The second kappa shape index (κ2) is 4.95. The molecule has 0 aliphatic heterocycles. The number of hydrogen-bond acceptors (Lipinski definition) is 3. The van der Waals surface area contributed by atoms with Crippen LogP contribution >= 0.6 is 12.6 Å². The quantitative estimate of drug-likeness (QED) is 0.754. The van der Waals surface area contributed by atoms with Crippen LogP contribution in [0, 0.1) is 5.82 Å². The number of pyridine rings is 1. The number of aromatic nitrogens is 1. The van der Waals surface area contributed by atoms with Crippen LogP contribution in [0.25, 0.3) is 0 Å². The monoisotopic (exact) mass is 214 g/mol. The predicted molar refractivity (Wildman–Crippen MR) is 55.9 cm³/mol. The summed E-state index contributed by atoms with van der Waals surface area (Å²) < 4.78 is 12.7. The summed E-state index contributed by atoms with van der Waals surface area (Å²) in [5.41, 5.74) is 0.350. The van der Waals surface area contributed by atoms with Crippen molar-refractivity contribution in [1.82, 2.24) is 4.98 Å². The number of carbonyl (C=O) groups is 1. The fourth-order valence-electron chi connectivity index (χ4n) is 0.891. The maximum absolute atomic E-state index is 12.7. The van der Waals surface area contributed by atoms with Crippen LogP contribution in [-0.2, 0) is 4.79 Å². The van der Waals surface area contributed by atoms with E-state index in [4.69, 9.17) is 0 Å². The molecule has 1 N–H and O–H groups in total. The zero-order chi connectivity index (χ0) is 10.6. The van der Waals surface area contributed by atoms with Gasteiger partial charge in [-0.15, -0.1) is 0 Å². The molecule has 5 heteroatoms. The molecule has 0 radical (unpaired) electrons. The number of carbonyl (C=O) groups excluding carboxylic acids is 1. The number of halogens is 1. The van der Waals surface area contributed by atoms with Gasteiger partial charge in [0.25, 0.3) is 0 Å². The molecule has 1 heterocycles. The standard InChI is InChI=1S/C9H11FN2OS/c1-2-8(14)9(13)12-7-3-6(10)4-11-5-7/h3-5,8,14H,2H2,1H3,(H,12,13). The third-order valence-electron chi connectivity index (χ3n) is 1.66.